The maximum Gasteiger partial charge on any atom is 0.289 e. The number of halogens is 1. The fourth-order valence-electron chi connectivity index (χ4n) is 3.16. The normalized spacial score (nSPS) is 11.3. The molecule has 30 heavy (non-hydrogen) atoms. The summed E-state index contributed by atoms with van der Waals surface area (Å²) >= 11 is 9.12. The lowest BCUT2D eigenvalue weighted by molar-refractivity contribution is 0.0984. The Kier molecular flexibility index (Phi) is 4.94. The van der Waals surface area contributed by atoms with E-state index in [9.17, 15) is 4.79 Å². The number of pyridine rings is 1. The van der Waals surface area contributed by atoms with Crippen LogP contribution in [0, 0.1) is 6.92 Å². The van der Waals surface area contributed by atoms with Crippen LogP contribution < -0.4 is 4.90 Å². The Bertz CT molecular complexity index is 1350. The molecule has 148 valence electrons. The Morgan fingerprint density at radius 2 is 1.83 bits per heavy atom. The number of carbonyl (C=O) groups is 1. The summed E-state index contributed by atoms with van der Waals surface area (Å²) in [6.07, 6.45) is 1.72. The molecule has 1 amide bonds. The van der Waals surface area contributed by atoms with Crippen LogP contribution in [0.25, 0.3) is 20.4 Å². The molecule has 5 nitrogen and oxygen atoms in total. The van der Waals surface area contributed by atoms with Crippen LogP contribution in [0.3, 0.4) is 0 Å². The van der Waals surface area contributed by atoms with Gasteiger partial charge in [-0.15, -0.1) is 11.3 Å². The standard InChI is InChI=1S/C22H15ClN4OS2/c1-13-15(23)9-10-18-19(13)26-22(30-18)27(12-14-6-4-5-11-24-14)21(28)20-25-16-7-2-3-8-17(16)29-20/h2-11H,12H2,1H3. The van der Waals surface area contributed by atoms with Gasteiger partial charge < -0.3 is 0 Å². The molecule has 0 N–H and O–H groups in total. The summed E-state index contributed by atoms with van der Waals surface area (Å²) in [6, 6.07) is 17.2. The number of nitrogens with zero attached hydrogens (tertiary/aromatic N) is 4. The van der Waals surface area contributed by atoms with Gasteiger partial charge in [-0.3, -0.25) is 14.7 Å². The number of carbonyl (C=O) groups excluding carboxylic acids is 1. The van der Waals surface area contributed by atoms with E-state index in [1.807, 2.05) is 61.5 Å². The SMILES string of the molecule is Cc1c(Cl)ccc2sc(N(Cc3ccccn3)C(=O)c3nc4ccccc4s3)nc12. The van der Waals surface area contributed by atoms with Gasteiger partial charge in [0.15, 0.2) is 10.1 Å². The molecule has 0 saturated carbocycles. The Labute approximate surface area is 185 Å². The van der Waals surface area contributed by atoms with E-state index in [1.165, 1.54) is 22.7 Å². The third-order valence-corrected chi connectivity index (χ3v) is 7.21. The highest BCUT2D eigenvalue weighted by atomic mass is 35.5. The Morgan fingerprint density at radius 1 is 1.00 bits per heavy atom. The molecule has 0 fully saturated rings. The second-order valence-electron chi connectivity index (χ2n) is 6.71. The zero-order valence-electron chi connectivity index (χ0n) is 15.9. The highest BCUT2D eigenvalue weighted by Crippen LogP contribution is 2.35. The van der Waals surface area contributed by atoms with E-state index < -0.39 is 0 Å². The van der Waals surface area contributed by atoms with Gasteiger partial charge in [-0.25, -0.2) is 9.97 Å². The van der Waals surface area contributed by atoms with E-state index in [0.717, 1.165) is 31.7 Å². The fraction of sp³-hybridized carbons (Fsp3) is 0.0909. The number of aryl methyl sites for hydroxylation is 1. The number of fused-ring (bicyclic) bond motifs is 2. The van der Waals surface area contributed by atoms with E-state index in [2.05, 4.69) is 9.97 Å². The number of para-hydroxylation sites is 1. The van der Waals surface area contributed by atoms with Gasteiger partial charge in [-0.05, 0) is 48.9 Å². The van der Waals surface area contributed by atoms with Crippen LogP contribution in [0.2, 0.25) is 5.02 Å². The number of aromatic nitrogens is 3. The van der Waals surface area contributed by atoms with E-state index in [1.54, 1.807) is 11.1 Å². The summed E-state index contributed by atoms with van der Waals surface area (Å²) < 4.78 is 1.96. The van der Waals surface area contributed by atoms with Crippen molar-refractivity contribution >= 4 is 65.7 Å². The quantitative estimate of drug-likeness (QED) is 0.331. The minimum absolute atomic E-state index is 0.190. The molecule has 0 saturated heterocycles. The number of hydrogen-bond acceptors (Lipinski definition) is 6. The molecule has 0 aliphatic heterocycles. The Hall–Kier alpha value is -2.87. The number of amides is 1. The molecular formula is C22H15ClN4OS2. The van der Waals surface area contributed by atoms with Crippen LogP contribution in [0.1, 0.15) is 21.1 Å². The van der Waals surface area contributed by atoms with E-state index in [0.29, 0.717) is 21.7 Å². The van der Waals surface area contributed by atoms with Crippen LogP contribution in [0.5, 0.6) is 0 Å². The van der Waals surface area contributed by atoms with Crippen LogP contribution in [0.15, 0.2) is 60.8 Å². The van der Waals surface area contributed by atoms with Crippen molar-refractivity contribution in [3.8, 4) is 0 Å². The summed E-state index contributed by atoms with van der Waals surface area (Å²) in [7, 11) is 0. The third kappa shape index (κ3) is 3.45. The van der Waals surface area contributed by atoms with Crippen LogP contribution in [0.4, 0.5) is 5.13 Å². The molecule has 3 heterocycles. The first-order valence-corrected chi connectivity index (χ1v) is 11.2. The van der Waals surface area contributed by atoms with E-state index >= 15 is 0 Å². The molecule has 3 aromatic heterocycles. The first kappa shape index (κ1) is 19.1. The van der Waals surface area contributed by atoms with E-state index in [4.69, 9.17) is 16.6 Å². The molecule has 0 bridgehead atoms. The second-order valence-corrected chi connectivity index (χ2v) is 9.16. The summed E-state index contributed by atoms with van der Waals surface area (Å²) in [5, 5.41) is 1.69. The van der Waals surface area contributed by atoms with Crippen LogP contribution in [-0.2, 0) is 6.54 Å². The Balaban J connectivity index is 1.61. The van der Waals surface area contributed by atoms with Gasteiger partial charge in [0, 0.05) is 11.2 Å². The smallest absolute Gasteiger partial charge is 0.276 e. The van der Waals surface area contributed by atoms with Crippen molar-refractivity contribution in [2.24, 2.45) is 0 Å². The lowest BCUT2D eigenvalue weighted by Gasteiger charge is -2.18. The Morgan fingerprint density at radius 3 is 2.63 bits per heavy atom. The number of hydrogen-bond donors (Lipinski definition) is 0. The highest BCUT2D eigenvalue weighted by Gasteiger charge is 2.25. The van der Waals surface area contributed by atoms with Crippen molar-refractivity contribution in [2.45, 2.75) is 13.5 Å². The van der Waals surface area contributed by atoms with Gasteiger partial charge >= 0.3 is 0 Å². The molecular weight excluding hydrogens is 436 g/mol. The molecule has 0 atom stereocenters. The lowest BCUT2D eigenvalue weighted by Crippen LogP contribution is -2.30. The van der Waals surface area contributed by atoms with E-state index in [-0.39, 0.29) is 5.91 Å². The molecule has 0 aliphatic carbocycles. The average molecular weight is 451 g/mol. The summed E-state index contributed by atoms with van der Waals surface area (Å²) in [6.45, 7) is 2.24. The zero-order valence-corrected chi connectivity index (χ0v) is 18.3. The fourth-order valence-corrected chi connectivity index (χ4v) is 5.25. The van der Waals surface area contributed by atoms with Gasteiger partial charge in [0.1, 0.15) is 0 Å². The largest absolute Gasteiger partial charge is 0.289 e. The topological polar surface area (TPSA) is 59.0 Å². The number of thiazole rings is 2. The predicted octanol–water partition coefficient (Wildman–Crippen LogP) is 6.11. The minimum atomic E-state index is -0.190. The summed E-state index contributed by atoms with van der Waals surface area (Å²) in [5.74, 6) is -0.190. The van der Waals surface area contributed by atoms with Gasteiger partial charge in [0.25, 0.3) is 5.91 Å². The maximum atomic E-state index is 13.5. The van der Waals surface area contributed by atoms with Gasteiger partial charge in [0.2, 0.25) is 0 Å². The molecule has 8 heteroatoms. The van der Waals surface area contributed by atoms with Crippen molar-refractivity contribution in [1.29, 1.82) is 0 Å². The van der Waals surface area contributed by atoms with Gasteiger partial charge in [-0.1, -0.05) is 41.1 Å². The van der Waals surface area contributed by atoms with Gasteiger partial charge in [-0.2, -0.15) is 0 Å². The first-order chi connectivity index (χ1) is 14.6. The first-order valence-electron chi connectivity index (χ1n) is 9.23. The molecule has 5 aromatic rings. The monoisotopic (exact) mass is 450 g/mol. The summed E-state index contributed by atoms with van der Waals surface area (Å²) in [5.41, 5.74) is 3.31. The van der Waals surface area contributed by atoms with Crippen molar-refractivity contribution < 1.29 is 4.79 Å². The van der Waals surface area contributed by atoms with Gasteiger partial charge in [0.05, 0.1) is 32.7 Å². The lowest BCUT2D eigenvalue weighted by atomic mass is 10.2. The number of anilines is 1. The predicted molar refractivity (Wildman–Crippen MR) is 124 cm³/mol. The number of rotatable bonds is 4. The van der Waals surface area contributed by atoms with Crippen molar-refractivity contribution in [1.82, 2.24) is 15.0 Å². The molecule has 0 unspecified atom stereocenters. The molecule has 5 rings (SSSR count). The van der Waals surface area contributed by atoms with Crippen LogP contribution >= 0.6 is 34.3 Å². The van der Waals surface area contributed by atoms with Crippen molar-refractivity contribution in [3.05, 3.63) is 82.1 Å². The molecule has 2 aromatic carbocycles. The maximum absolute atomic E-state index is 13.5. The zero-order chi connectivity index (χ0) is 20.7. The summed E-state index contributed by atoms with van der Waals surface area (Å²) in [4.78, 5) is 28.9. The molecule has 0 radical (unpaired) electrons. The van der Waals surface area contributed by atoms with Crippen molar-refractivity contribution in [3.63, 3.8) is 0 Å². The second kappa shape index (κ2) is 7.75. The molecule has 0 aliphatic rings. The molecule has 0 spiro atoms. The average Bonchev–Trinajstić information content (AvgIpc) is 3.39. The third-order valence-electron chi connectivity index (χ3n) is 4.74. The van der Waals surface area contributed by atoms with Crippen molar-refractivity contribution in [2.75, 3.05) is 4.90 Å². The highest BCUT2D eigenvalue weighted by molar-refractivity contribution is 7.23. The minimum Gasteiger partial charge on any atom is -0.276 e. The van der Waals surface area contributed by atoms with Crippen LogP contribution in [-0.4, -0.2) is 20.9 Å². The number of benzene rings is 2.